The van der Waals surface area contributed by atoms with Crippen LogP contribution in [0, 0.1) is 12.7 Å². The van der Waals surface area contributed by atoms with Gasteiger partial charge in [0.2, 0.25) is 0 Å². The summed E-state index contributed by atoms with van der Waals surface area (Å²) in [5, 5.41) is 3.13. The lowest BCUT2D eigenvalue weighted by atomic mass is 10.0. The lowest BCUT2D eigenvalue weighted by Gasteiger charge is -2.16. The highest BCUT2D eigenvalue weighted by Crippen LogP contribution is 2.32. The molecule has 1 atom stereocenters. The van der Waals surface area contributed by atoms with Crippen LogP contribution in [0.3, 0.4) is 0 Å². The summed E-state index contributed by atoms with van der Waals surface area (Å²) in [5.41, 5.74) is 1.70. The van der Waals surface area contributed by atoms with E-state index < -0.39 is 0 Å². The van der Waals surface area contributed by atoms with E-state index in [4.69, 9.17) is 11.6 Å². The zero-order chi connectivity index (χ0) is 12.4. The largest absolute Gasteiger partial charge is 0.309 e. The molecule has 1 aromatic heterocycles. The molecule has 0 fully saturated rings. The Kier molecular flexibility index (Phi) is 3.82. The van der Waals surface area contributed by atoms with Crippen molar-refractivity contribution in [2.75, 3.05) is 7.05 Å². The van der Waals surface area contributed by atoms with Crippen molar-refractivity contribution in [3.05, 3.63) is 56.5 Å². The fourth-order valence-corrected chi connectivity index (χ4v) is 3.01. The molecular weight excluding hydrogens is 257 g/mol. The molecule has 0 saturated carbocycles. The average molecular weight is 270 g/mol. The van der Waals surface area contributed by atoms with Gasteiger partial charge in [0.05, 0.1) is 10.4 Å². The molecule has 1 aromatic carbocycles. The van der Waals surface area contributed by atoms with Gasteiger partial charge in [-0.3, -0.25) is 0 Å². The van der Waals surface area contributed by atoms with Crippen LogP contribution in [-0.2, 0) is 0 Å². The van der Waals surface area contributed by atoms with E-state index in [2.05, 4.69) is 5.32 Å². The van der Waals surface area contributed by atoms with Crippen molar-refractivity contribution < 1.29 is 4.39 Å². The van der Waals surface area contributed by atoms with E-state index >= 15 is 0 Å². The van der Waals surface area contributed by atoms with Crippen LogP contribution in [0.4, 0.5) is 4.39 Å². The van der Waals surface area contributed by atoms with Gasteiger partial charge in [0.1, 0.15) is 5.82 Å². The van der Waals surface area contributed by atoms with Crippen LogP contribution in [0.2, 0.25) is 4.34 Å². The number of benzene rings is 1. The summed E-state index contributed by atoms with van der Waals surface area (Å²) in [5.74, 6) is -0.195. The van der Waals surface area contributed by atoms with E-state index in [1.54, 1.807) is 6.07 Å². The van der Waals surface area contributed by atoms with Crippen LogP contribution >= 0.6 is 22.9 Å². The molecule has 1 nitrogen and oxygen atoms in total. The van der Waals surface area contributed by atoms with Crippen molar-refractivity contribution in [1.29, 1.82) is 0 Å². The first kappa shape index (κ1) is 12.6. The molecule has 0 aliphatic rings. The lowest BCUT2D eigenvalue weighted by molar-refractivity contribution is 0.578. The Morgan fingerprint density at radius 1 is 1.29 bits per heavy atom. The highest BCUT2D eigenvalue weighted by molar-refractivity contribution is 7.16. The fraction of sp³-hybridized carbons (Fsp3) is 0.231. The Labute approximate surface area is 109 Å². The standard InChI is InChI=1S/C13H13ClFNS/c1-8-3-4-10(15)9(7-8)13(16-2)11-5-6-12(14)17-11/h3-7,13,16H,1-2H3. The molecule has 90 valence electrons. The first-order valence-electron chi connectivity index (χ1n) is 5.30. The van der Waals surface area contributed by atoms with Gasteiger partial charge in [0.25, 0.3) is 0 Å². The van der Waals surface area contributed by atoms with E-state index in [0.29, 0.717) is 9.90 Å². The molecule has 0 aliphatic carbocycles. The van der Waals surface area contributed by atoms with Crippen molar-refractivity contribution in [1.82, 2.24) is 5.32 Å². The van der Waals surface area contributed by atoms with Crippen LogP contribution in [0.15, 0.2) is 30.3 Å². The predicted octanol–water partition coefficient (Wildman–Crippen LogP) is 4.16. The number of hydrogen-bond acceptors (Lipinski definition) is 2. The maximum Gasteiger partial charge on any atom is 0.128 e. The average Bonchev–Trinajstić information content (AvgIpc) is 2.71. The number of rotatable bonds is 3. The third kappa shape index (κ3) is 2.68. The minimum Gasteiger partial charge on any atom is -0.309 e. The van der Waals surface area contributed by atoms with Gasteiger partial charge >= 0.3 is 0 Å². The van der Waals surface area contributed by atoms with Crippen molar-refractivity contribution in [2.45, 2.75) is 13.0 Å². The van der Waals surface area contributed by atoms with E-state index in [1.165, 1.54) is 17.4 Å². The van der Waals surface area contributed by atoms with Crippen LogP contribution in [0.1, 0.15) is 22.0 Å². The summed E-state index contributed by atoms with van der Waals surface area (Å²) in [7, 11) is 1.82. The third-order valence-corrected chi connectivity index (χ3v) is 3.93. The molecular formula is C13H13ClFNS. The van der Waals surface area contributed by atoms with Gasteiger partial charge in [0.15, 0.2) is 0 Å². The fourth-order valence-electron chi connectivity index (χ4n) is 1.82. The van der Waals surface area contributed by atoms with E-state index in [-0.39, 0.29) is 11.9 Å². The maximum atomic E-state index is 13.8. The zero-order valence-electron chi connectivity index (χ0n) is 9.63. The second-order valence-corrected chi connectivity index (χ2v) is 5.64. The molecule has 0 aliphatic heterocycles. The Hall–Kier alpha value is -0.900. The van der Waals surface area contributed by atoms with Crippen LogP contribution in [0.25, 0.3) is 0 Å². The Morgan fingerprint density at radius 3 is 2.65 bits per heavy atom. The maximum absolute atomic E-state index is 13.8. The van der Waals surface area contributed by atoms with Crippen molar-refractivity contribution in [3.63, 3.8) is 0 Å². The lowest BCUT2D eigenvalue weighted by Crippen LogP contribution is -2.18. The molecule has 0 bridgehead atoms. The summed E-state index contributed by atoms with van der Waals surface area (Å²) in [4.78, 5) is 1.02. The Bertz CT molecular complexity index is 524. The predicted molar refractivity (Wildman–Crippen MR) is 71.4 cm³/mol. The van der Waals surface area contributed by atoms with E-state index in [1.807, 2.05) is 32.2 Å². The second kappa shape index (κ2) is 5.17. The molecule has 0 radical (unpaired) electrons. The normalized spacial score (nSPS) is 12.7. The molecule has 1 heterocycles. The van der Waals surface area contributed by atoms with Crippen LogP contribution in [-0.4, -0.2) is 7.05 Å². The van der Waals surface area contributed by atoms with Gasteiger partial charge in [0, 0.05) is 10.4 Å². The van der Waals surface area contributed by atoms with Gasteiger partial charge in [-0.25, -0.2) is 4.39 Å². The smallest absolute Gasteiger partial charge is 0.128 e. The molecule has 4 heteroatoms. The van der Waals surface area contributed by atoms with Crippen molar-refractivity contribution in [3.8, 4) is 0 Å². The van der Waals surface area contributed by atoms with Gasteiger partial charge < -0.3 is 5.32 Å². The zero-order valence-corrected chi connectivity index (χ0v) is 11.2. The summed E-state index contributed by atoms with van der Waals surface area (Å²) in [6, 6.07) is 8.75. The topological polar surface area (TPSA) is 12.0 Å². The Morgan fingerprint density at radius 2 is 2.06 bits per heavy atom. The molecule has 2 aromatic rings. The van der Waals surface area contributed by atoms with Gasteiger partial charge in [-0.05, 0) is 32.2 Å². The highest BCUT2D eigenvalue weighted by Gasteiger charge is 2.17. The summed E-state index contributed by atoms with van der Waals surface area (Å²) >= 11 is 7.38. The van der Waals surface area contributed by atoms with Crippen LogP contribution in [0.5, 0.6) is 0 Å². The first-order valence-corrected chi connectivity index (χ1v) is 6.50. The Balaban J connectivity index is 2.45. The van der Waals surface area contributed by atoms with Gasteiger partial charge in [-0.2, -0.15) is 0 Å². The van der Waals surface area contributed by atoms with E-state index in [0.717, 1.165) is 10.4 Å². The SMILES string of the molecule is CNC(c1ccc(Cl)s1)c1cc(C)ccc1F. The number of hydrogen-bond donors (Lipinski definition) is 1. The first-order chi connectivity index (χ1) is 8.11. The molecule has 1 unspecified atom stereocenters. The van der Waals surface area contributed by atoms with Gasteiger partial charge in [-0.1, -0.05) is 29.3 Å². The summed E-state index contributed by atoms with van der Waals surface area (Å²) < 4.78 is 14.5. The second-order valence-electron chi connectivity index (χ2n) is 3.89. The van der Waals surface area contributed by atoms with Crippen LogP contribution < -0.4 is 5.32 Å². The third-order valence-electron chi connectivity index (χ3n) is 2.63. The quantitative estimate of drug-likeness (QED) is 0.882. The monoisotopic (exact) mass is 269 g/mol. The number of nitrogens with one attached hydrogen (secondary N) is 1. The molecule has 2 rings (SSSR count). The highest BCUT2D eigenvalue weighted by atomic mass is 35.5. The molecule has 0 spiro atoms. The van der Waals surface area contributed by atoms with E-state index in [9.17, 15) is 4.39 Å². The summed E-state index contributed by atoms with van der Waals surface area (Å²) in [6.45, 7) is 1.96. The summed E-state index contributed by atoms with van der Waals surface area (Å²) in [6.07, 6.45) is 0. The van der Waals surface area contributed by atoms with Gasteiger partial charge in [-0.15, -0.1) is 11.3 Å². The molecule has 0 saturated heterocycles. The molecule has 17 heavy (non-hydrogen) atoms. The molecule has 0 amide bonds. The number of aryl methyl sites for hydroxylation is 1. The number of halogens is 2. The van der Waals surface area contributed by atoms with Crippen molar-refractivity contribution >= 4 is 22.9 Å². The number of thiophene rings is 1. The van der Waals surface area contributed by atoms with Crippen molar-refractivity contribution in [2.24, 2.45) is 0 Å². The minimum atomic E-state index is -0.195. The minimum absolute atomic E-state index is 0.146. The molecule has 1 N–H and O–H groups in total.